The lowest BCUT2D eigenvalue weighted by molar-refractivity contribution is -0.143. The quantitative estimate of drug-likeness (QED) is 0.413. The van der Waals surface area contributed by atoms with E-state index < -0.39 is 43.1 Å². The molecule has 0 aliphatic carbocycles. The summed E-state index contributed by atoms with van der Waals surface area (Å²) in [6.07, 6.45) is -10.2. The molecule has 0 aliphatic heterocycles. The zero-order valence-electron chi connectivity index (χ0n) is 15.4. The summed E-state index contributed by atoms with van der Waals surface area (Å²) < 4.78 is 90.5. The highest BCUT2D eigenvalue weighted by Crippen LogP contribution is 2.42. The highest BCUT2D eigenvalue weighted by Gasteiger charge is 2.42. The number of hydrogen-bond donors (Lipinski definition) is 0. The third-order valence-corrected chi connectivity index (χ3v) is 4.87. The van der Waals surface area contributed by atoms with E-state index in [2.05, 4.69) is 0 Å². The van der Waals surface area contributed by atoms with Crippen LogP contribution in [0.4, 0.5) is 26.3 Å². The molecule has 0 aromatic heterocycles. The molecule has 2 rings (SSSR count). The molecule has 0 fully saturated rings. The molecule has 2 aromatic carbocycles. The second kappa shape index (κ2) is 9.03. The molecule has 0 aliphatic rings. The van der Waals surface area contributed by atoms with Crippen LogP contribution in [-0.2, 0) is 12.4 Å². The highest BCUT2D eigenvalue weighted by atomic mass is 31.1. The van der Waals surface area contributed by atoms with Crippen LogP contribution in [0.25, 0.3) is 0 Å². The van der Waals surface area contributed by atoms with Crippen LogP contribution in [0.3, 0.4) is 0 Å². The van der Waals surface area contributed by atoms with Gasteiger partial charge >= 0.3 is 12.4 Å². The summed E-state index contributed by atoms with van der Waals surface area (Å²) in [4.78, 5) is 12.6. The molecule has 3 nitrogen and oxygen atoms in total. The first-order chi connectivity index (χ1) is 13.5. The molecule has 0 N–H and O–H groups in total. The number of alkyl halides is 6. The van der Waals surface area contributed by atoms with Crippen LogP contribution in [0.1, 0.15) is 35.3 Å². The van der Waals surface area contributed by atoms with Gasteiger partial charge in [0.05, 0.1) is 24.3 Å². The topological polar surface area (TPSA) is 35.5 Å². The van der Waals surface area contributed by atoms with E-state index in [9.17, 15) is 31.1 Å². The Morgan fingerprint density at radius 2 is 1.45 bits per heavy atom. The van der Waals surface area contributed by atoms with E-state index in [-0.39, 0.29) is 17.7 Å². The van der Waals surface area contributed by atoms with Crippen molar-refractivity contribution < 1.29 is 40.6 Å². The van der Waals surface area contributed by atoms with E-state index in [4.69, 9.17) is 9.47 Å². The van der Waals surface area contributed by atoms with Gasteiger partial charge in [-0.25, -0.2) is 0 Å². The number of carbonyl (C=O) groups excluding carboxylic acids is 1. The van der Waals surface area contributed by atoms with Crippen LogP contribution < -0.4 is 14.8 Å². The third kappa shape index (κ3) is 5.63. The molecule has 2 aromatic rings. The van der Waals surface area contributed by atoms with Crippen LogP contribution in [0.15, 0.2) is 36.4 Å². The number of ether oxygens (including phenoxy) is 2. The zero-order chi connectivity index (χ0) is 21.8. The van der Waals surface area contributed by atoms with E-state index >= 15 is 0 Å². The van der Waals surface area contributed by atoms with Gasteiger partial charge in [0.2, 0.25) is 0 Å². The summed E-state index contributed by atoms with van der Waals surface area (Å²) in [5.41, 5.74) is -5.90. The van der Waals surface area contributed by atoms with E-state index in [1.165, 1.54) is 18.2 Å². The molecule has 1 unspecified atom stereocenters. The Hall–Kier alpha value is -2.28. The van der Waals surface area contributed by atoms with Crippen LogP contribution in [-0.4, -0.2) is 18.7 Å². The monoisotopic (exact) mass is 438 g/mol. The zero-order valence-corrected chi connectivity index (χ0v) is 16.4. The van der Waals surface area contributed by atoms with Gasteiger partial charge in [-0.05, 0) is 46.7 Å². The molecule has 0 saturated heterocycles. The highest BCUT2D eigenvalue weighted by molar-refractivity contribution is 7.66. The lowest BCUT2D eigenvalue weighted by Crippen LogP contribution is -2.19. The van der Waals surface area contributed by atoms with Gasteiger partial charge in [-0.15, -0.1) is 0 Å². The van der Waals surface area contributed by atoms with Crippen molar-refractivity contribution in [1.29, 1.82) is 0 Å². The number of hydrogen-bond acceptors (Lipinski definition) is 3. The van der Waals surface area contributed by atoms with Crippen molar-refractivity contribution in [2.24, 2.45) is 0 Å². The molecular weight excluding hydrogens is 421 g/mol. The fourth-order valence-electron chi connectivity index (χ4n) is 2.59. The Labute approximate surface area is 164 Å². The fourth-order valence-corrected chi connectivity index (χ4v) is 3.66. The number of benzene rings is 2. The second-order valence-electron chi connectivity index (χ2n) is 5.70. The predicted octanol–water partition coefficient (Wildman–Crippen LogP) is 5.67. The van der Waals surface area contributed by atoms with Crippen molar-refractivity contribution in [1.82, 2.24) is 0 Å². The van der Waals surface area contributed by atoms with Crippen LogP contribution in [0, 0.1) is 0 Å². The lowest BCUT2D eigenvalue weighted by atomic mass is 10.0. The van der Waals surface area contributed by atoms with Gasteiger partial charge in [-0.3, -0.25) is 4.79 Å². The van der Waals surface area contributed by atoms with Gasteiger partial charge in [0.1, 0.15) is 11.5 Å². The number of rotatable bonds is 7. The minimum atomic E-state index is -5.11. The molecule has 0 radical (unpaired) electrons. The minimum absolute atomic E-state index is 0.170. The average Bonchev–Trinajstić information content (AvgIpc) is 2.62. The average molecular weight is 438 g/mol. The first-order valence-electron chi connectivity index (χ1n) is 8.47. The van der Waals surface area contributed by atoms with Gasteiger partial charge in [-0.2, -0.15) is 26.3 Å². The maximum absolute atomic E-state index is 13.3. The molecule has 29 heavy (non-hydrogen) atoms. The summed E-state index contributed by atoms with van der Waals surface area (Å²) in [6, 6.07) is 5.89. The minimum Gasteiger partial charge on any atom is -0.494 e. The molecule has 0 amide bonds. The van der Waals surface area contributed by atoms with Gasteiger partial charge in [-0.1, -0.05) is 6.07 Å². The van der Waals surface area contributed by atoms with Crippen molar-refractivity contribution in [3.63, 3.8) is 0 Å². The molecule has 0 bridgehead atoms. The van der Waals surface area contributed by atoms with Crippen molar-refractivity contribution in [2.45, 2.75) is 26.2 Å². The Bertz CT molecular complexity index is 845. The van der Waals surface area contributed by atoms with E-state index in [1.807, 2.05) is 0 Å². The number of carbonyl (C=O) groups is 1. The van der Waals surface area contributed by atoms with Crippen LogP contribution >= 0.6 is 8.58 Å². The molecular formula is C19H17F6O3P. The summed E-state index contributed by atoms with van der Waals surface area (Å²) in [7, 11) is -1.01. The van der Waals surface area contributed by atoms with Crippen molar-refractivity contribution in [2.75, 3.05) is 13.2 Å². The normalized spacial score (nSPS) is 12.4. The Morgan fingerprint density at radius 3 is 1.93 bits per heavy atom. The molecule has 0 heterocycles. The first-order valence-corrected chi connectivity index (χ1v) is 9.47. The van der Waals surface area contributed by atoms with Gasteiger partial charge in [0, 0.05) is 16.9 Å². The fraction of sp³-hybridized carbons (Fsp3) is 0.316. The predicted molar refractivity (Wildman–Crippen MR) is 97.5 cm³/mol. The van der Waals surface area contributed by atoms with Crippen molar-refractivity contribution >= 4 is 19.4 Å². The summed E-state index contributed by atoms with van der Waals surface area (Å²) in [5, 5.41) is 0.186. The Balaban J connectivity index is 2.53. The van der Waals surface area contributed by atoms with E-state index in [0.717, 1.165) is 0 Å². The summed E-state index contributed by atoms with van der Waals surface area (Å²) in [6.45, 7) is 3.93. The van der Waals surface area contributed by atoms with E-state index in [1.54, 1.807) is 13.8 Å². The smallest absolute Gasteiger partial charge is 0.417 e. The Kier molecular flexibility index (Phi) is 7.16. The standard InChI is InChI=1S/C19H17F6O3P/c1-3-27-11-8-9-15(14(10-11)28-4-2)29-17(26)16-12(18(20,21)22)6-5-7-13(16)19(23,24)25/h5-10,29H,3-4H2,1-2H3. The first kappa shape index (κ1) is 23.0. The number of halogens is 6. The van der Waals surface area contributed by atoms with Gasteiger partial charge in [0.15, 0.2) is 5.52 Å². The maximum Gasteiger partial charge on any atom is 0.417 e. The van der Waals surface area contributed by atoms with Crippen LogP contribution in [0.5, 0.6) is 11.5 Å². The molecule has 0 spiro atoms. The third-order valence-electron chi connectivity index (χ3n) is 3.71. The molecule has 158 valence electrons. The molecule has 0 saturated carbocycles. The van der Waals surface area contributed by atoms with Gasteiger partial charge < -0.3 is 9.47 Å². The molecule has 1 atom stereocenters. The van der Waals surface area contributed by atoms with Crippen molar-refractivity contribution in [3.8, 4) is 11.5 Å². The largest absolute Gasteiger partial charge is 0.494 e. The van der Waals surface area contributed by atoms with Crippen LogP contribution in [0.2, 0.25) is 0 Å². The maximum atomic E-state index is 13.3. The SMILES string of the molecule is CCOc1ccc(PC(=O)c2c(C(F)(F)F)cccc2C(F)(F)F)c(OCC)c1. The lowest BCUT2D eigenvalue weighted by Gasteiger charge is -2.18. The summed E-state index contributed by atoms with van der Waals surface area (Å²) >= 11 is 0. The summed E-state index contributed by atoms with van der Waals surface area (Å²) in [5.74, 6) is 0.576. The van der Waals surface area contributed by atoms with Crippen molar-refractivity contribution in [3.05, 3.63) is 53.1 Å². The Morgan fingerprint density at radius 1 is 0.897 bits per heavy atom. The molecule has 10 heteroatoms. The van der Waals surface area contributed by atoms with E-state index in [0.29, 0.717) is 30.6 Å². The second-order valence-corrected chi connectivity index (χ2v) is 6.94. The van der Waals surface area contributed by atoms with Gasteiger partial charge in [0.25, 0.3) is 0 Å².